The summed E-state index contributed by atoms with van der Waals surface area (Å²) >= 11 is 0. The second-order valence-electron chi connectivity index (χ2n) is 4.56. The van der Waals surface area contributed by atoms with E-state index in [1.165, 1.54) is 26.4 Å². The molecule has 0 aromatic heterocycles. The smallest absolute Gasteiger partial charge is 0.327 e. The number of hydrogen-bond acceptors (Lipinski definition) is 3. The highest BCUT2D eigenvalue weighted by molar-refractivity contribution is 5.80. The molecule has 1 saturated carbocycles. The second kappa shape index (κ2) is 7.88. The number of ether oxygens (including phenoxy) is 1. The summed E-state index contributed by atoms with van der Waals surface area (Å²) in [5.74, 6) is -0.270. The van der Waals surface area contributed by atoms with Gasteiger partial charge in [-0.25, -0.2) is 4.79 Å². The Balaban J connectivity index is 2.76. The van der Waals surface area contributed by atoms with Crippen LogP contribution in [0, 0.1) is 0 Å². The maximum absolute atomic E-state index is 11.9. The summed E-state index contributed by atoms with van der Waals surface area (Å²) in [6, 6.07) is -0.0513. The molecule has 0 aromatic carbocycles. The number of hydrogen-bond donors (Lipinski definition) is 1. The van der Waals surface area contributed by atoms with E-state index in [1.807, 2.05) is 0 Å². The zero-order valence-corrected chi connectivity index (χ0v) is 11.2. The van der Waals surface area contributed by atoms with E-state index >= 15 is 0 Å². The van der Waals surface area contributed by atoms with Crippen molar-refractivity contribution in [2.24, 2.45) is 0 Å². The normalized spacial score (nSPS) is 19.1. The van der Waals surface area contributed by atoms with Gasteiger partial charge in [-0.3, -0.25) is 5.32 Å². The molecule has 1 fully saturated rings. The van der Waals surface area contributed by atoms with Gasteiger partial charge in [0.05, 0.1) is 7.11 Å². The summed E-state index contributed by atoms with van der Waals surface area (Å²) in [6.45, 7) is 7.41. The first-order chi connectivity index (χ1) is 8.72. The van der Waals surface area contributed by atoms with Crippen LogP contribution in [0.25, 0.3) is 0 Å². The maximum Gasteiger partial charge on any atom is 0.327 e. The molecule has 0 aliphatic heterocycles. The van der Waals surface area contributed by atoms with Gasteiger partial charge in [0.25, 0.3) is 0 Å². The molecule has 0 heterocycles. The van der Waals surface area contributed by atoms with Crippen LogP contribution in [0.3, 0.4) is 0 Å². The fourth-order valence-corrected chi connectivity index (χ4v) is 2.34. The van der Waals surface area contributed by atoms with Crippen molar-refractivity contribution in [1.82, 2.24) is 5.32 Å². The predicted molar refractivity (Wildman–Crippen MR) is 74.3 cm³/mol. The van der Waals surface area contributed by atoms with Crippen LogP contribution in [0.15, 0.2) is 37.0 Å². The lowest BCUT2D eigenvalue weighted by Gasteiger charge is -2.27. The highest BCUT2D eigenvalue weighted by Gasteiger charge is 2.25. The summed E-state index contributed by atoms with van der Waals surface area (Å²) in [4.78, 5) is 11.9. The average molecular weight is 249 g/mol. The minimum atomic E-state index is -0.436. The van der Waals surface area contributed by atoms with E-state index in [2.05, 4.69) is 18.5 Å². The van der Waals surface area contributed by atoms with Crippen LogP contribution in [0.1, 0.15) is 32.1 Å². The quantitative estimate of drug-likeness (QED) is 0.581. The SMILES string of the molecule is C=C/C=C(\C=C)C(NC1CCCCC1)C(=O)OC. The molecule has 0 spiro atoms. The highest BCUT2D eigenvalue weighted by atomic mass is 16.5. The molecule has 0 aromatic rings. The lowest BCUT2D eigenvalue weighted by molar-refractivity contribution is -0.142. The van der Waals surface area contributed by atoms with E-state index in [0.717, 1.165) is 18.4 Å². The van der Waals surface area contributed by atoms with E-state index in [1.54, 1.807) is 18.2 Å². The standard InChI is InChI=1S/C15H23NO2/c1-4-9-12(5-2)14(15(17)18-3)16-13-10-7-6-8-11-13/h4-5,9,13-14,16H,1-2,6-8,10-11H2,3H3/b12-9+. The summed E-state index contributed by atoms with van der Waals surface area (Å²) in [6.07, 6.45) is 11.1. The average Bonchev–Trinajstić information content (AvgIpc) is 2.43. The fourth-order valence-electron chi connectivity index (χ4n) is 2.34. The Hall–Kier alpha value is -1.35. The Bertz CT molecular complexity index is 327. The molecule has 0 bridgehead atoms. The number of nitrogens with one attached hydrogen (secondary N) is 1. The van der Waals surface area contributed by atoms with Gasteiger partial charge in [0.15, 0.2) is 0 Å². The van der Waals surface area contributed by atoms with Crippen LogP contribution in [0.4, 0.5) is 0 Å². The molecule has 1 aliphatic rings. The largest absolute Gasteiger partial charge is 0.468 e. The van der Waals surface area contributed by atoms with Gasteiger partial charge in [-0.15, -0.1) is 0 Å². The van der Waals surface area contributed by atoms with E-state index in [-0.39, 0.29) is 5.97 Å². The van der Waals surface area contributed by atoms with Crippen molar-refractivity contribution < 1.29 is 9.53 Å². The molecule has 0 radical (unpaired) electrons. The van der Waals surface area contributed by atoms with Crippen molar-refractivity contribution in [2.75, 3.05) is 7.11 Å². The Morgan fingerprint density at radius 2 is 2.00 bits per heavy atom. The minimum absolute atomic E-state index is 0.270. The molecule has 3 heteroatoms. The van der Waals surface area contributed by atoms with Crippen LogP contribution in [-0.4, -0.2) is 25.2 Å². The lowest BCUT2D eigenvalue weighted by Crippen LogP contribution is -2.45. The molecule has 1 unspecified atom stereocenters. The Kier molecular flexibility index (Phi) is 6.44. The van der Waals surface area contributed by atoms with E-state index < -0.39 is 6.04 Å². The van der Waals surface area contributed by atoms with Gasteiger partial charge < -0.3 is 4.74 Å². The molecule has 0 amide bonds. The van der Waals surface area contributed by atoms with E-state index in [4.69, 9.17) is 4.74 Å². The first-order valence-corrected chi connectivity index (χ1v) is 6.51. The Morgan fingerprint density at radius 3 is 2.50 bits per heavy atom. The van der Waals surface area contributed by atoms with Crippen molar-refractivity contribution in [1.29, 1.82) is 0 Å². The van der Waals surface area contributed by atoms with Crippen molar-refractivity contribution in [3.05, 3.63) is 37.0 Å². The third kappa shape index (κ3) is 4.15. The molecule has 1 N–H and O–H groups in total. The zero-order chi connectivity index (χ0) is 13.4. The molecular weight excluding hydrogens is 226 g/mol. The van der Waals surface area contributed by atoms with Crippen LogP contribution < -0.4 is 5.32 Å². The highest BCUT2D eigenvalue weighted by Crippen LogP contribution is 2.19. The van der Waals surface area contributed by atoms with Crippen LogP contribution >= 0.6 is 0 Å². The van der Waals surface area contributed by atoms with E-state index in [0.29, 0.717) is 6.04 Å². The van der Waals surface area contributed by atoms with Crippen LogP contribution in [0.5, 0.6) is 0 Å². The van der Waals surface area contributed by atoms with Crippen molar-refractivity contribution in [2.45, 2.75) is 44.2 Å². The molecule has 3 nitrogen and oxygen atoms in total. The van der Waals surface area contributed by atoms with Gasteiger partial charge in [-0.2, -0.15) is 0 Å². The Labute approximate surface area is 110 Å². The van der Waals surface area contributed by atoms with Gasteiger partial charge in [0.1, 0.15) is 6.04 Å². The number of esters is 1. The lowest BCUT2D eigenvalue weighted by atomic mass is 9.94. The monoisotopic (exact) mass is 249 g/mol. The van der Waals surface area contributed by atoms with Crippen molar-refractivity contribution in [3.8, 4) is 0 Å². The molecule has 0 saturated heterocycles. The summed E-state index contributed by atoms with van der Waals surface area (Å²) in [5.41, 5.74) is 0.808. The number of rotatable bonds is 6. The van der Waals surface area contributed by atoms with Gasteiger partial charge >= 0.3 is 5.97 Å². The topological polar surface area (TPSA) is 38.3 Å². The first-order valence-electron chi connectivity index (χ1n) is 6.51. The second-order valence-corrected chi connectivity index (χ2v) is 4.56. The van der Waals surface area contributed by atoms with Gasteiger partial charge in [0.2, 0.25) is 0 Å². The van der Waals surface area contributed by atoms with Crippen molar-refractivity contribution in [3.63, 3.8) is 0 Å². The maximum atomic E-state index is 11.9. The van der Waals surface area contributed by atoms with Gasteiger partial charge in [-0.05, 0) is 18.4 Å². The van der Waals surface area contributed by atoms with E-state index in [9.17, 15) is 4.79 Å². The third-order valence-electron chi connectivity index (χ3n) is 3.32. The van der Waals surface area contributed by atoms with Gasteiger partial charge in [-0.1, -0.05) is 50.6 Å². The first kappa shape index (κ1) is 14.7. The molecule has 1 rings (SSSR count). The number of allylic oxidation sites excluding steroid dienone is 2. The molecular formula is C15H23NO2. The number of methoxy groups -OCH3 is 1. The molecule has 18 heavy (non-hydrogen) atoms. The van der Waals surface area contributed by atoms with Crippen LogP contribution in [-0.2, 0) is 9.53 Å². The fraction of sp³-hybridized carbons (Fsp3) is 0.533. The summed E-state index contributed by atoms with van der Waals surface area (Å²) in [5, 5.41) is 3.38. The minimum Gasteiger partial charge on any atom is -0.468 e. The van der Waals surface area contributed by atoms with Gasteiger partial charge in [0, 0.05) is 6.04 Å². The van der Waals surface area contributed by atoms with Crippen LogP contribution in [0.2, 0.25) is 0 Å². The predicted octanol–water partition coefficient (Wildman–Crippen LogP) is 2.75. The number of carbonyl (C=O) groups is 1. The van der Waals surface area contributed by atoms with Crippen molar-refractivity contribution >= 4 is 5.97 Å². The summed E-state index contributed by atoms with van der Waals surface area (Å²) < 4.78 is 4.86. The molecule has 1 atom stereocenters. The Morgan fingerprint density at radius 1 is 1.33 bits per heavy atom. The zero-order valence-electron chi connectivity index (χ0n) is 11.2. The molecule has 100 valence electrons. The molecule has 1 aliphatic carbocycles. The summed E-state index contributed by atoms with van der Waals surface area (Å²) in [7, 11) is 1.41. The number of carbonyl (C=O) groups excluding carboxylic acids is 1. The third-order valence-corrected chi connectivity index (χ3v) is 3.32.